The molecule has 0 spiro atoms. The van der Waals surface area contributed by atoms with Crippen molar-refractivity contribution in [2.75, 3.05) is 0 Å². The Balaban J connectivity index is 3.21. The van der Waals surface area contributed by atoms with Crippen LogP contribution >= 0.6 is 0 Å². The molecule has 0 aliphatic rings. The molecular formula is C11H21N3. The van der Waals surface area contributed by atoms with E-state index in [0.717, 1.165) is 12.1 Å². The molecular weight excluding hydrogens is 174 g/mol. The van der Waals surface area contributed by atoms with Gasteiger partial charge in [-0.3, -0.25) is 0 Å². The fourth-order valence-electron chi connectivity index (χ4n) is 1.64. The summed E-state index contributed by atoms with van der Waals surface area (Å²) in [6.07, 6.45) is 0.998. The lowest BCUT2D eigenvalue weighted by atomic mass is 9.90. The Morgan fingerprint density at radius 1 is 1.29 bits per heavy atom. The van der Waals surface area contributed by atoms with Crippen LogP contribution < -0.4 is 0 Å². The number of aromatic nitrogens is 3. The quantitative estimate of drug-likeness (QED) is 0.726. The number of hydrogen-bond acceptors (Lipinski definition) is 2. The van der Waals surface area contributed by atoms with Crippen LogP contribution in [0.1, 0.15) is 59.0 Å². The zero-order chi connectivity index (χ0) is 10.9. The largest absolute Gasteiger partial charge is 0.247 e. The van der Waals surface area contributed by atoms with Gasteiger partial charge < -0.3 is 0 Å². The summed E-state index contributed by atoms with van der Waals surface area (Å²) in [6.45, 7) is 13.0. The molecule has 0 fully saturated rings. The monoisotopic (exact) mass is 195 g/mol. The third-order valence-corrected chi connectivity index (χ3v) is 2.33. The SMILES string of the molecule is CCc1c(C(C)(C)C)nnn1C(C)C. The van der Waals surface area contributed by atoms with Crippen LogP contribution in [0.15, 0.2) is 0 Å². The maximum atomic E-state index is 4.29. The van der Waals surface area contributed by atoms with E-state index in [9.17, 15) is 0 Å². The van der Waals surface area contributed by atoms with E-state index in [1.807, 2.05) is 4.68 Å². The van der Waals surface area contributed by atoms with Gasteiger partial charge in [-0.25, -0.2) is 4.68 Å². The van der Waals surface area contributed by atoms with Gasteiger partial charge in [-0.1, -0.05) is 32.9 Å². The number of nitrogens with zero attached hydrogens (tertiary/aromatic N) is 3. The highest BCUT2D eigenvalue weighted by atomic mass is 15.4. The first kappa shape index (κ1) is 11.2. The van der Waals surface area contributed by atoms with Gasteiger partial charge in [0.15, 0.2) is 0 Å². The van der Waals surface area contributed by atoms with Gasteiger partial charge in [-0.2, -0.15) is 0 Å². The predicted molar refractivity (Wildman–Crippen MR) is 58.5 cm³/mol. The van der Waals surface area contributed by atoms with Gasteiger partial charge in [0.25, 0.3) is 0 Å². The first-order valence-corrected chi connectivity index (χ1v) is 5.32. The Hall–Kier alpha value is -0.860. The van der Waals surface area contributed by atoms with E-state index in [1.54, 1.807) is 0 Å². The Morgan fingerprint density at radius 3 is 2.21 bits per heavy atom. The van der Waals surface area contributed by atoms with Gasteiger partial charge in [-0.15, -0.1) is 5.10 Å². The molecule has 0 saturated heterocycles. The molecule has 0 radical (unpaired) electrons. The summed E-state index contributed by atoms with van der Waals surface area (Å²) >= 11 is 0. The van der Waals surface area contributed by atoms with Crippen molar-refractivity contribution < 1.29 is 0 Å². The zero-order valence-electron chi connectivity index (χ0n) is 10.1. The summed E-state index contributed by atoms with van der Waals surface area (Å²) < 4.78 is 2.03. The molecule has 80 valence electrons. The standard InChI is InChI=1S/C11H21N3/c1-7-9-10(11(4,5)6)12-13-14(9)8(2)3/h8H,7H2,1-6H3. The number of hydrogen-bond donors (Lipinski definition) is 0. The molecule has 1 rings (SSSR count). The second-order valence-electron chi connectivity index (χ2n) is 5.03. The van der Waals surface area contributed by atoms with Gasteiger partial charge in [0.05, 0.1) is 11.4 Å². The van der Waals surface area contributed by atoms with Crippen molar-refractivity contribution in [2.45, 2.75) is 59.4 Å². The molecule has 1 aromatic rings. The molecule has 1 heterocycles. The van der Waals surface area contributed by atoms with E-state index in [0.29, 0.717) is 6.04 Å². The second-order valence-corrected chi connectivity index (χ2v) is 5.03. The average Bonchev–Trinajstić information content (AvgIpc) is 2.45. The van der Waals surface area contributed by atoms with E-state index in [4.69, 9.17) is 0 Å². The summed E-state index contributed by atoms with van der Waals surface area (Å²) in [5, 5.41) is 8.51. The Labute approximate surface area is 86.5 Å². The van der Waals surface area contributed by atoms with Crippen LogP contribution in [-0.2, 0) is 11.8 Å². The van der Waals surface area contributed by atoms with Crippen LogP contribution in [0.3, 0.4) is 0 Å². The van der Waals surface area contributed by atoms with Crippen molar-refractivity contribution in [1.29, 1.82) is 0 Å². The first-order chi connectivity index (χ1) is 6.38. The molecule has 3 heteroatoms. The van der Waals surface area contributed by atoms with Gasteiger partial charge in [0, 0.05) is 11.5 Å². The third kappa shape index (κ3) is 1.97. The van der Waals surface area contributed by atoms with Crippen molar-refractivity contribution in [2.24, 2.45) is 0 Å². The van der Waals surface area contributed by atoms with Crippen LogP contribution in [0.2, 0.25) is 0 Å². The van der Waals surface area contributed by atoms with E-state index >= 15 is 0 Å². The Morgan fingerprint density at radius 2 is 1.86 bits per heavy atom. The van der Waals surface area contributed by atoms with Gasteiger partial charge >= 0.3 is 0 Å². The minimum atomic E-state index is 0.0957. The maximum absolute atomic E-state index is 4.29. The topological polar surface area (TPSA) is 30.7 Å². The van der Waals surface area contributed by atoms with E-state index in [-0.39, 0.29) is 5.41 Å². The van der Waals surface area contributed by atoms with E-state index in [2.05, 4.69) is 51.9 Å². The number of rotatable bonds is 2. The highest BCUT2D eigenvalue weighted by Crippen LogP contribution is 2.25. The molecule has 0 N–H and O–H groups in total. The second kappa shape index (κ2) is 3.71. The molecule has 1 aromatic heterocycles. The highest BCUT2D eigenvalue weighted by Gasteiger charge is 2.23. The molecule has 0 saturated carbocycles. The minimum absolute atomic E-state index is 0.0957. The fraction of sp³-hybridized carbons (Fsp3) is 0.818. The molecule has 0 aliphatic carbocycles. The lowest BCUT2D eigenvalue weighted by Gasteiger charge is -2.17. The van der Waals surface area contributed by atoms with Crippen LogP contribution in [0.25, 0.3) is 0 Å². The molecule has 0 bridgehead atoms. The van der Waals surface area contributed by atoms with Crippen molar-refractivity contribution >= 4 is 0 Å². The Kier molecular flexibility index (Phi) is 2.98. The molecule has 3 nitrogen and oxygen atoms in total. The van der Waals surface area contributed by atoms with Crippen LogP contribution in [0, 0.1) is 0 Å². The summed E-state index contributed by atoms with van der Waals surface area (Å²) in [7, 11) is 0. The van der Waals surface area contributed by atoms with Crippen LogP contribution in [0.5, 0.6) is 0 Å². The molecule has 14 heavy (non-hydrogen) atoms. The van der Waals surface area contributed by atoms with Crippen LogP contribution in [-0.4, -0.2) is 15.0 Å². The average molecular weight is 195 g/mol. The van der Waals surface area contributed by atoms with Gasteiger partial charge in [-0.05, 0) is 20.3 Å². The molecule has 0 aromatic carbocycles. The minimum Gasteiger partial charge on any atom is -0.247 e. The summed E-state index contributed by atoms with van der Waals surface area (Å²) in [6, 6.07) is 0.397. The predicted octanol–water partition coefficient (Wildman–Crippen LogP) is 2.72. The van der Waals surface area contributed by atoms with Crippen molar-refractivity contribution in [3.05, 3.63) is 11.4 Å². The first-order valence-electron chi connectivity index (χ1n) is 5.32. The maximum Gasteiger partial charge on any atom is 0.0912 e. The zero-order valence-corrected chi connectivity index (χ0v) is 10.1. The molecule has 0 unspecified atom stereocenters. The molecule has 0 aliphatic heterocycles. The van der Waals surface area contributed by atoms with Gasteiger partial charge in [0.2, 0.25) is 0 Å². The van der Waals surface area contributed by atoms with Crippen molar-refractivity contribution in [1.82, 2.24) is 15.0 Å². The normalized spacial score (nSPS) is 12.5. The fourth-order valence-corrected chi connectivity index (χ4v) is 1.64. The summed E-state index contributed by atoms with van der Waals surface area (Å²) in [5.41, 5.74) is 2.50. The third-order valence-electron chi connectivity index (χ3n) is 2.33. The summed E-state index contributed by atoms with van der Waals surface area (Å²) in [5.74, 6) is 0. The molecule has 0 atom stereocenters. The molecule has 0 amide bonds. The van der Waals surface area contributed by atoms with E-state index < -0.39 is 0 Å². The lowest BCUT2D eigenvalue weighted by Crippen LogP contribution is -2.16. The van der Waals surface area contributed by atoms with E-state index in [1.165, 1.54) is 5.69 Å². The Bertz CT molecular complexity index is 305. The van der Waals surface area contributed by atoms with Gasteiger partial charge in [0.1, 0.15) is 0 Å². The highest BCUT2D eigenvalue weighted by molar-refractivity contribution is 5.19. The summed E-state index contributed by atoms with van der Waals surface area (Å²) in [4.78, 5) is 0. The lowest BCUT2D eigenvalue weighted by molar-refractivity contribution is 0.495. The van der Waals surface area contributed by atoms with Crippen molar-refractivity contribution in [3.8, 4) is 0 Å². The van der Waals surface area contributed by atoms with Crippen LogP contribution in [0.4, 0.5) is 0 Å². The smallest absolute Gasteiger partial charge is 0.0912 e. The van der Waals surface area contributed by atoms with Crippen molar-refractivity contribution in [3.63, 3.8) is 0 Å².